The highest BCUT2D eigenvalue weighted by molar-refractivity contribution is 5.90. The fourth-order valence-electron chi connectivity index (χ4n) is 5.65. The van der Waals surface area contributed by atoms with Gasteiger partial charge < -0.3 is 54.0 Å². The summed E-state index contributed by atoms with van der Waals surface area (Å²) in [6, 6.07) is 6.06. The van der Waals surface area contributed by atoms with Crippen molar-refractivity contribution < 1.29 is 68.3 Å². The number of carbonyl (C=O) groups excluding carboxylic acids is 3. The predicted octanol–water partition coefficient (Wildman–Crippen LogP) is -0.495. The average molecular weight is 595 g/mol. The van der Waals surface area contributed by atoms with Gasteiger partial charge in [-0.25, -0.2) is 9.59 Å². The highest BCUT2D eigenvalue weighted by Crippen LogP contribution is 2.52. The Kier molecular flexibility index (Phi) is 9.55. The molecule has 14 heteroatoms. The van der Waals surface area contributed by atoms with Crippen LogP contribution in [0.15, 0.2) is 42.2 Å². The van der Waals surface area contributed by atoms with E-state index in [1.54, 1.807) is 19.1 Å². The number of benzene rings is 1. The quantitative estimate of drug-likeness (QED) is 0.146. The van der Waals surface area contributed by atoms with Crippen molar-refractivity contribution in [3.8, 4) is 5.75 Å². The lowest BCUT2D eigenvalue weighted by Crippen LogP contribution is -2.61. The van der Waals surface area contributed by atoms with Crippen molar-refractivity contribution >= 4 is 24.0 Å². The summed E-state index contributed by atoms with van der Waals surface area (Å²) >= 11 is 0. The Morgan fingerprint density at radius 2 is 1.76 bits per heavy atom. The maximum absolute atomic E-state index is 12.9. The van der Waals surface area contributed by atoms with Crippen molar-refractivity contribution in [3.63, 3.8) is 0 Å². The summed E-state index contributed by atoms with van der Waals surface area (Å²) in [4.78, 5) is 37.8. The zero-order valence-corrected chi connectivity index (χ0v) is 23.1. The molecule has 3 unspecified atom stereocenters. The molecular weight excluding hydrogens is 560 g/mol. The van der Waals surface area contributed by atoms with Crippen LogP contribution in [0.25, 0.3) is 6.08 Å². The summed E-state index contributed by atoms with van der Waals surface area (Å²) in [6.07, 6.45) is -6.89. The first kappa shape index (κ1) is 31.4. The molecule has 2 aliphatic heterocycles. The molecule has 14 nitrogen and oxygen atoms in total. The highest BCUT2D eigenvalue weighted by atomic mass is 16.8. The Morgan fingerprint density at radius 3 is 2.38 bits per heavy atom. The topological polar surface area (TPSA) is 208 Å². The normalized spacial score (nSPS) is 36.0. The number of hydrogen-bond acceptors (Lipinski definition) is 14. The van der Waals surface area contributed by atoms with Gasteiger partial charge in [0.15, 0.2) is 6.29 Å². The summed E-state index contributed by atoms with van der Waals surface area (Å²) in [5.41, 5.74) is -0.880. The van der Waals surface area contributed by atoms with Crippen LogP contribution >= 0.6 is 0 Å². The Bertz CT molecular complexity index is 1210. The lowest BCUT2D eigenvalue weighted by atomic mass is 9.80. The molecule has 1 aliphatic carbocycles. The van der Waals surface area contributed by atoms with Crippen molar-refractivity contribution in [1.82, 2.24) is 0 Å². The van der Waals surface area contributed by atoms with E-state index in [1.807, 2.05) is 0 Å². The number of aliphatic hydroxyl groups is 4. The molecule has 0 radical (unpaired) electrons. The molecule has 1 saturated carbocycles. The minimum Gasteiger partial charge on any atom is -0.508 e. The molecule has 1 aromatic carbocycles. The molecule has 5 N–H and O–H groups in total. The first-order valence-electron chi connectivity index (χ1n) is 13.2. The van der Waals surface area contributed by atoms with Gasteiger partial charge in [-0.2, -0.15) is 0 Å². The van der Waals surface area contributed by atoms with Crippen LogP contribution < -0.4 is 0 Å². The number of aliphatic hydroxyl groups excluding tert-OH is 4. The first-order chi connectivity index (χ1) is 19.9. The van der Waals surface area contributed by atoms with E-state index in [4.69, 9.17) is 28.4 Å². The van der Waals surface area contributed by atoms with Crippen LogP contribution in [0.3, 0.4) is 0 Å². The molecule has 0 bridgehead atoms. The number of methoxy groups -OCH3 is 1. The van der Waals surface area contributed by atoms with Crippen LogP contribution in [0.1, 0.15) is 25.8 Å². The summed E-state index contributed by atoms with van der Waals surface area (Å²) in [6.45, 7) is 2.02. The van der Waals surface area contributed by atoms with Crippen LogP contribution in [0.4, 0.5) is 0 Å². The summed E-state index contributed by atoms with van der Waals surface area (Å²) in [5, 5.41) is 49.8. The fraction of sp³-hybridized carbons (Fsp3) is 0.536. The second-order valence-corrected chi connectivity index (χ2v) is 10.5. The third-order valence-electron chi connectivity index (χ3n) is 7.57. The van der Waals surface area contributed by atoms with Crippen LogP contribution in [-0.4, -0.2) is 106 Å². The maximum Gasteiger partial charge on any atom is 0.337 e. The SMILES string of the molecule is COC(=O)C1=COC(O[C@@H]2O[C@H](CO)[C@@H](O)[C@H](O)[C@H]2O)C2C1[C@H](OC(=O)/C=C\c1ccc(O)cc1)C[C@]2(C)OC(C)=O. The van der Waals surface area contributed by atoms with Gasteiger partial charge in [-0.05, 0) is 30.7 Å². The lowest BCUT2D eigenvalue weighted by Gasteiger charge is -2.44. The van der Waals surface area contributed by atoms with Gasteiger partial charge >= 0.3 is 17.9 Å². The van der Waals surface area contributed by atoms with Gasteiger partial charge in [0.25, 0.3) is 0 Å². The van der Waals surface area contributed by atoms with Gasteiger partial charge in [-0.3, -0.25) is 4.79 Å². The van der Waals surface area contributed by atoms with E-state index in [9.17, 15) is 39.9 Å². The van der Waals surface area contributed by atoms with Gasteiger partial charge in [0, 0.05) is 25.3 Å². The third kappa shape index (κ3) is 6.43. The number of phenols is 1. The smallest absolute Gasteiger partial charge is 0.337 e. The minimum absolute atomic E-state index is 0.0349. The number of aromatic hydroxyl groups is 1. The first-order valence-corrected chi connectivity index (χ1v) is 13.2. The molecule has 4 rings (SSSR count). The zero-order valence-electron chi connectivity index (χ0n) is 23.1. The second kappa shape index (κ2) is 12.8. The zero-order chi connectivity index (χ0) is 30.8. The maximum atomic E-state index is 12.9. The van der Waals surface area contributed by atoms with Crippen LogP contribution in [0.5, 0.6) is 5.75 Å². The summed E-state index contributed by atoms with van der Waals surface area (Å²) < 4.78 is 33.4. The average Bonchev–Trinajstić information content (AvgIpc) is 3.23. The van der Waals surface area contributed by atoms with E-state index in [0.29, 0.717) is 5.56 Å². The van der Waals surface area contributed by atoms with E-state index >= 15 is 0 Å². The van der Waals surface area contributed by atoms with Crippen LogP contribution in [0, 0.1) is 11.8 Å². The Balaban J connectivity index is 1.65. The molecule has 0 aromatic heterocycles. The van der Waals surface area contributed by atoms with Crippen molar-refractivity contribution in [1.29, 1.82) is 0 Å². The molecule has 230 valence electrons. The molecular formula is C28H34O14. The standard InChI is InChI=1S/C28H34O14/c1-13(30)42-28(2)10-17(39-19(32)9-6-14-4-7-15(31)8-5-14)20-16(25(36)37-3)12-38-26(21(20)28)41-27-24(35)23(34)22(33)18(11-29)40-27/h4-9,12,17-18,20-24,26-27,29,31,33-35H,10-11H2,1-3H3/b9-6-/t17-,18-,20?,21?,22-,23+,24-,26?,27+,28+/m1/s1. The van der Waals surface area contributed by atoms with Crippen molar-refractivity contribution in [2.24, 2.45) is 11.8 Å². The van der Waals surface area contributed by atoms with Gasteiger partial charge in [0.1, 0.15) is 41.9 Å². The highest BCUT2D eigenvalue weighted by Gasteiger charge is 2.63. The predicted molar refractivity (Wildman–Crippen MR) is 139 cm³/mol. The number of rotatable bonds is 8. The largest absolute Gasteiger partial charge is 0.508 e. The number of esters is 3. The second-order valence-electron chi connectivity index (χ2n) is 10.5. The molecule has 2 heterocycles. The van der Waals surface area contributed by atoms with E-state index in [1.165, 1.54) is 25.1 Å². The molecule has 0 amide bonds. The van der Waals surface area contributed by atoms with Crippen LogP contribution in [-0.2, 0) is 42.8 Å². The van der Waals surface area contributed by atoms with E-state index < -0.39 is 85.1 Å². The third-order valence-corrected chi connectivity index (χ3v) is 7.57. The van der Waals surface area contributed by atoms with Gasteiger partial charge in [0.2, 0.25) is 6.29 Å². The number of phenolic OH excluding ortho intramolecular Hbond substituents is 1. The van der Waals surface area contributed by atoms with E-state index in [-0.39, 0.29) is 17.7 Å². The van der Waals surface area contributed by atoms with E-state index in [0.717, 1.165) is 19.4 Å². The molecule has 10 atom stereocenters. The van der Waals surface area contributed by atoms with Gasteiger partial charge in [-0.15, -0.1) is 0 Å². The number of ether oxygens (including phenoxy) is 6. The summed E-state index contributed by atoms with van der Waals surface area (Å²) in [5.74, 6) is -4.23. The monoisotopic (exact) mass is 594 g/mol. The summed E-state index contributed by atoms with van der Waals surface area (Å²) in [7, 11) is 1.15. The minimum atomic E-state index is -1.77. The molecule has 42 heavy (non-hydrogen) atoms. The van der Waals surface area contributed by atoms with E-state index in [2.05, 4.69) is 0 Å². The van der Waals surface area contributed by atoms with Crippen molar-refractivity contribution in [3.05, 3.63) is 47.7 Å². The fourth-order valence-corrected chi connectivity index (χ4v) is 5.65. The van der Waals surface area contributed by atoms with Crippen LogP contribution in [0.2, 0.25) is 0 Å². The van der Waals surface area contributed by atoms with Crippen molar-refractivity contribution in [2.75, 3.05) is 13.7 Å². The number of fused-ring (bicyclic) bond motifs is 1. The van der Waals surface area contributed by atoms with Gasteiger partial charge in [-0.1, -0.05) is 12.1 Å². The van der Waals surface area contributed by atoms with Crippen molar-refractivity contribution in [2.45, 2.75) is 69.0 Å². The van der Waals surface area contributed by atoms with Gasteiger partial charge in [0.05, 0.1) is 31.5 Å². The number of carbonyl (C=O) groups is 3. The molecule has 3 aliphatic rings. The Labute approximate surface area is 240 Å². The molecule has 1 aromatic rings. The molecule has 0 spiro atoms. The lowest BCUT2D eigenvalue weighted by molar-refractivity contribution is -0.346. The Hall–Kier alpha value is -3.53. The molecule has 2 fully saturated rings. The molecule has 1 saturated heterocycles. The number of hydrogen-bond donors (Lipinski definition) is 5. The Morgan fingerprint density at radius 1 is 1.07 bits per heavy atom.